The molecule has 0 aliphatic heterocycles. The molecule has 0 atom stereocenters. The van der Waals surface area contributed by atoms with Gasteiger partial charge in [0.25, 0.3) is 0 Å². The van der Waals surface area contributed by atoms with Crippen molar-refractivity contribution in [3.8, 4) is 38.4 Å². The summed E-state index contributed by atoms with van der Waals surface area (Å²) < 4.78 is 10.2. The largest absolute Gasteiger partial charge is 0.455 e. The third-order valence-corrected chi connectivity index (χ3v) is 13.0. The number of thiophene rings is 1. The molecule has 0 bridgehead atoms. The third kappa shape index (κ3) is 5.72. The van der Waals surface area contributed by atoms with Gasteiger partial charge in [-0.15, -0.1) is 11.3 Å². The van der Waals surface area contributed by atoms with Crippen LogP contribution in [0.1, 0.15) is 0 Å². The fourth-order valence-corrected chi connectivity index (χ4v) is 9.97. The van der Waals surface area contributed by atoms with Crippen molar-refractivity contribution in [2.24, 2.45) is 0 Å². The van der Waals surface area contributed by atoms with Gasteiger partial charge in [-0.05, 0) is 118 Å². The van der Waals surface area contributed by atoms with Crippen molar-refractivity contribution < 1.29 is 4.42 Å². The van der Waals surface area contributed by atoms with Crippen molar-refractivity contribution in [2.75, 3.05) is 4.90 Å². The fraction of sp³-hybridized carbons (Fsp3) is 0. The molecule has 0 fully saturated rings. The number of aromatic nitrogens is 1. The van der Waals surface area contributed by atoms with Crippen LogP contribution in [0.2, 0.25) is 0 Å². The van der Waals surface area contributed by atoms with E-state index >= 15 is 0 Å². The molecule has 0 aliphatic carbocycles. The standard InChI is InChI=1S/C56H36N2OS/c1-2-10-37(11-3-1)38-18-26-43(27-19-38)57(45-32-24-41(25-33-45)54-36-42-12-4-9-17-53(42)60-54)44-28-20-39(21-29-44)40-22-30-46(31-23-40)58-50-15-7-5-14-49(50)55-51(58)35-34-48-47-13-6-8-16-52(47)59-56(48)55/h1-36H. The lowest BCUT2D eigenvalue weighted by atomic mass is 10.0. The summed E-state index contributed by atoms with van der Waals surface area (Å²) in [6.07, 6.45) is 0. The average molecular weight is 785 g/mol. The van der Waals surface area contributed by atoms with Crippen molar-refractivity contribution in [3.05, 3.63) is 218 Å². The normalized spacial score (nSPS) is 11.7. The summed E-state index contributed by atoms with van der Waals surface area (Å²) in [7, 11) is 0. The van der Waals surface area contributed by atoms with E-state index in [4.69, 9.17) is 4.42 Å². The smallest absolute Gasteiger partial charge is 0.145 e. The van der Waals surface area contributed by atoms with Gasteiger partial charge >= 0.3 is 0 Å². The van der Waals surface area contributed by atoms with Gasteiger partial charge in [0, 0.05) is 48.5 Å². The maximum absolute atomic E-state index is 6.52. The van der Waals surface area contributed by atoms with Crippen LogP contribution >= 0.6 is 11.3 Å². The second kappa shape index (κ2) is 14.0. The van der Waals surface area contributed by atoms with Crippen LogP contribution in [0.4, 0.5) is 17.1 Å². The topological polar surface area (TPSA) is 21.3 Å². The first-order valence-electron chi connectivity index (χ1n) is 20.3. The maximum Gasteiger partial charge on any atom is 0.145 e. The van der Waals surface area contributed by atoms with Crippen LogP contribution in [0.3, 0.4) is 0 Å². The summed E-state index contributed by atoms with van der Waals surface area (Å²) in [5.74, 6) is 0. The highest BCUT2D eigenvalue weighted by Gasteiger charge is 2.19. The predicted octanol–water partition coefficient (Wildman–Crippen LogP) is 16.4. The molecular weight excluding hydrogens is 749 g/mol. The van der Waals surface area contributed by atoms with Gasteiger partial charge in [0.1, 0.15) is 11.2 Å². The Morgan fingerprint density at radius 3 is 1.63 bits per heavy atom. The highest BCUT2D eigenvalue weighted by Crippen LogP contribution is 2.42. The van der Waals surface area contributed by atoms with Crippen LogP contribution in [0.15, 0.2) is 223 Å². The van der Waals surface area contributed by atoms with Crippen molar-refractivity contribution in [1.82, 2.24) is 4.57 Å². The summed E-state index contributed by atoms with van der Waals surface area (Å²) in [4.78, 5) is 3.62. The van der Waals surface area contributed by atoms with E-state index < -0.39 is 0 Å². The lowest BCUT2D eigenvalue weighted by Gasteiger charge is -2.26. The van der Waals surface area contributed by atoms with Crippen LogP contribution in [-0.4, -0.2) is 4.57 Å². The number of anilines is 3. The molecule has 0 unspecified atom stereocenters. The number of furan rings is 1. The molecule has 3 heterocycles. The molecule has 0 saturated heterocycles. The van der Waals surface area contributed by atoms with Crippen LogP contribution in [0.25, 0.3) is 92.2 Å². The Morgan fingerprint density at radius 2 is 0.950 bits per heavy atom. The van der Waals surface area contributed by atoms with Crippen LogP contribution in [-0.2, 0) is 0 Å². The zero-order valence-corrected chi connectivity index (χ0v) is 33.3. The van der Waals surface area contributed by atoms with Crippen molar-refractivity contribution in [1.29, 1.82) is 0 Å². The van der Waals surface area contributed by atoms with E-state index in [2.05, 4.69) is 222 Å². The number of hydrogen-bond donors (Lipinski definition) is 0. The molecule has 0 radical (unpaired) electrons. The molecule has 0 aliphatic rings. The van der Waals surface area contributed by atoms with Gasteiger partial charge in [0.2, 0.25) is 0 Å². The Labute approximate surface area is 351 Å². The molecule has 12 aromatic rings. The number of nitrogens with zero attached hydrogens (tertiary/aromatic N) is 2. The highest BCUT2D eigenvalue weighted by molar-refractivity contribution is 7.22. The summed E-state index contributed by atoms with van der Waals surface area (Å²) in [5.41, 5.74) is 14.5. The lowest BCUT2D eigenvalue weighted by Crippen LogP contribution is -2.09. The number of fused-ring (bicyclic) bond motifs is 8. The Balaban J connectivity index is 0.894. The van der Waals surface area contributed by atoms with Gasteiger partial charge < -0.3 is 13.9 Å². The summed E-state index contributed by atoms with van der Waals surface area (Å²) >= 11 is 1.84. The molecular formula is C56H36N2OS. The third-order valence-electron chi connectivity index (χ3n) is 11.8. The minimum Gasteiger partial charge on any atom is -0.455 e. The first-order valence-corrected chi connectivity index (χ1v) is 21.1. The zero-order chi connectivity index (χ0) is 39.6. The molecule has 282 valence electrons. The molecule has 0 N–H and O–H groups in total. The molecule has 4 heteroatoms. The van der Waals surface area contributed by atoms with Crippen LogP contribution in [0, 0.1) is 0 Å². The molecule has 60 heavy (non-hydrogen) atoms. The van der Waals surface area contributed by atoms with E-state index in [1.165, 1.54) is 37.0 Å². The first-order chi connectivity index (χ1) is 29.7. The molecule has 0 spiro atoms. The molecule has 0 amide bonds. The monoisotopic (exact) mass is 784 g/mol. The summed E-state index contributed by atoms with van der Waals surface area (Å²) in [6, 6.07) is 78.6. The van der Waals surface area contributed by atoms with Gasteiger partial charge in [0.15, 0.2) is 0 Å². The zero-order valence-electron chi connectivity index (χ0n) is 32.5. The van der Waals surface area contributed by atoms with Gasteiger partial charge in [0.05, 0.1) is 16.4 Å². The van der Waals surface area contributed by atoms with Crippen LogP contribution < -0.4 is 4.90 Å². The number of para-hydroxylation sites is 2. The number of benzene rings is 9. The average Bonchev–Trinajstić information content (AvgIpc) is 4.02. The van der Waals surface area contributed by atoms with Crippen molar-refractivity contribution in [2.45, 2.75) is 0 Å². The Morgan fingerprint density at radius 1 is 0.400 bits per heavy atom. The summed E-state index contributed by atoms with van der Waals surface area (Å²) in [6.45, 7) is 0. The number of rotatable bonds is 7. The van der Waals surface area contributed by atoms with Crippen molar-refractivity contribution in [3.63, 3.8) is 0 Å². The second-order valence-corrected chi connectivity index (χ2v) is 16.4. The maximum atomic E-state index is 6.52. The second-order valence-electron chi connectivity index (χ2n) is 15.3. The van der Waals surface area contributed by atoms with E-state index in [1.54, 1.807) is 0 Å². The van der Waals surface area contributed by atoms with Gasteiger partial charge in [-0.2, -0.15) is 0 Å². The Bertz CT molecular complexity index is 3470. The van der Waals surface area contributed by atoms with Crippen LogP contribution in [0.5, 0.6) is 0 Å². The Hall–Kier alpha value is -7.66. The minimum absolute atomic E-state index is 0.914. The highest BCUT2D eigenvalue weighted by atomic mass is 32.1. The predicted molar refractivity (Wildman–Crippen MR) is 254 cm³/mol. The van der Waals surface area contributed by atoms with Crippen molar-refractivity contribution >= 4 is 82.2 Å². The molecule has 9 aromatic carbocycles. The Kier molecular flexibility index (Phi) is 8.03. The SMILES string of the molecule is c1ccc(-c2ccc(N(c3ccc(-c4ccc(-n5c6ccccc6c6c7oc8ccccc8c7ccc65)cc4)cc3)c3ccc(-c4cc5ccccc5s4)cc3)cc2)cc1. The van der Waals surface area contributed by atoms with E-state index in [0.717, 1.165) is 72.2 Å². The molecule has 3 aromatic heterocycles. The molecule has 12 rings (SSSR count). The first kappa shape index (κ1) is 34.4. The van der Waals surface area contributed by atoms with E-state index in [1.807, 2.05) is 17.4 Å². The van der Waals surface area contributed by atoms with E-state index in [0.29, 0.717) is 0 Å². The molecule has 3 nitrogen and oxygen atoms in total. The van der Waals surface area contributed by atoms with Gasteiger partial charge in [-0.3, -0.25) is 0 Å². The fourth-order valence-electron chi connectivity index (χ4n) is 8.90. The molecule has 0 saturated carbocycles. The van der Waals surface area contributed by atoms with E-state index in [9.17, 15) is 0 Å². The number of hydrogen-bond acceptors (Lipinski definition) is 3. The lowest BCUT2D eigenvalue weighted by molar-refractivity contribution is 0.673. The quantitative estimate of drug-likeness (QED) is 0.161. The minimum atomic E-state index is 0.914. The summed E-state index contributed by atoms with van der Waals surface area (Å²) in [5, 5.41) is 5.91. The van der Waals surface area contributed by atoms with Gasteiger partial charge in [-0.25, -0.2) is 0 Å². The van der Waals surface area contributed by atoms with Gasteiger partial charge in [-0.1, -0.05) is 133 Å². The van der Waals surface area contributed by atoms with E-state index in [-0.39, 0.29) is 0 Å².